The molecular formula is C18H32N4O7. The molecule has 0 bridgehead atoms. The van der Waals surface area contributed by atoms with Crippen molar-refractivity contribution in [3.63, 3.8) is 0 Å². The van der Waals surface area contributed by atoms with Gasteiger partial charge in [-0.2, -0.15) is 0 Å². The highest BCUT2D eigenvalue weighted by atomic mass is 16.4. The Balaban J connectivity index is 4.38. The minimum absolute atomic E-state index is 0.0699. The fraction of sp³-hybridized carbons (Fsp3) is 0.722. The lowest BCUT2D eigenvalue weighted by Crippen LogP contribution is -2.53. The number of nitrogens with one attached hydrogen (secondary N) is 4. The van der Waals surface area contributed by atoms with Crippen LogP contribution < -0.4 is 21.3 Å². The molecule has 0 radical (unpaired) electrons. The first-order chi connectivity index (χ1) is 13.6. The molecule has 0 aromatic heterocycles. The summed E-state index contributed by atoms with van der Waals surface area (Å²) in [5.74, 6) is -4.20. The third kappa shape index (κ3) is 15.0. The van der Waals surface area contributed by atoms with Crippen molar-refractivity contribution < 1.29 is 34.2 Å². The van der Waals surface area contributed by atoms with E-state index in [1.54, 1.807) is 0 Å². The van der Waals surface area contributed by atoms with Crippen molar-refractivity contribution in [3.05, 3.63) is 0 Å². The van der Waals surface area contributed by atoms with Gasteiger partial charge in [0.2, 0.25) is 17.7 Å². The maximum absolute atomic E-state index is 12.3. The van der Waals surface area contributed by atoms with Gasteiger partial charge in [0, 0.05) is 32.5 Å². The Hall–Kier alpha value is -2.69. The number of hydrogen-bond donors (Lipinski definition) is 6. The molecule has 0 rings (SSSR count). The standard InChI is InChI=1S/C18H32N4O7/c1-12(9-15(24)25)17(28)22-14(10-19-11-16(26)27)18(29)21-8-6-4-3-5-7-20-13(2)23/h12,14,19H,3-11H2,1-2H3,(H,20,23)(H,21,29)(H,22,28)(H,24,25)(H,26,27)/t12?,14-/m0/s1. The average molecular weight is 416 g/mol. The smallest absolute Gasteiger partial charge is 0.317 e. The highest BCUT2D eigenvalue weighted by molar-refractivity contribution is 5.89. The normalized spacial score (nSPS) is 12.5. The van der Waals surface area contributed by atoms with E-state index < -0.39 is 35.7 Å². The lowest BCUT2D eigenvalue weighted by molar-refractivity contribution is -0.141. The predicted octanol–water partition coefficient (Wildman–Crippen LogP) is -0.931. The van der Waals surface area contributed by atoms with E-state index >= 15 is 0 Å². The fourth-order valence-electron chi connectivity index (χ4n) is 2.40. The number of carboxylic acids is 2. The van der Waals surface area contributed by atoms with Gasteiger partial charge >= 0.3 is 11.9 Å². The molecule has 0 saturated carbocycles. The van der Waals surface area contributed by atoms with Crippen LogP contribution in [0.4, 0.5) is 0 Å². The van der Waals surface area contributed by atoms with Crippen molar-refractivity contribution in [2.45, 2.75) is 52.0 Å². The summed E-state index contributed by atoms with van der Waals surface area (Å²) in [6.45, 7) is 3.41. The molecule has 6 N–H and O–H groups in total. The van der Waals surface area contributed by atoms with Crippen LogP contribution in [0.15, 0.2) is 0 Å². The van der Waals surface area contributed by atoms with Crippen LogP contribution in [0.3, 0.4) is 0 Å². The first-order valence-electron chi connectivity index (χ1n) is 9.60. The van der Waals surface area contributed by atoms with E-state index in [2.05, 4.69) is 21.3 Å². The quantitative estimate of drug-likeness (QED) is 0.175. The topological polar surface area (TPSA) is 174 Å². The summed E-state index contributed by atoms with van der Waals surface area (Å²) in [7, 11) is 0. The second-order valence-electron chi connectivity index (χ2n) is 6.77. The molecule has 166 valence electrons. The van der Waals surface area contributed by atoms with Crippen LogP contribution in [0, 0.1) is 5.92 Å². The molecule has 0 aliphatic carbocycles. The van der Waals surface area contributed by atoms with E-state index in [1.807, 2.05) is 0 Å². The zero-order chi connectivity index (χ0) is 22.2. The largest absolute Gasteiger partial charge is 0.481 e. The molecule has 11 nitrogen and oxygen atoms in total. The molecule has 0 aromatic carbocycles. The van der Waals surface area contributed by atoms with Crippen LogP contribution in [0.25, 0.3) is 0 Å². The summed E-state index contributed by atoms with van der Waals surface area (Å²) in [4.78, 5) is 56.5. The Labute approximate surface area is 170 Å². The van der Waals surface area contributed by atoms with Gasteiger partial charge in [-0.05, 0) is 12.8 Å². The lowest BCUT2D eigenvalue weighted by atomic mass is 10.1. The number of rotatable bonds is 16. The molecule has 11 heteroatoms. The van der Waals surface area contributed by atoms with Crippen molar-refractivity contribution in [1.29, 1.82) is 0 Å². The molecule has 0 fully saturated rings. The van der Waals surface area contributed by atoms with Gasteiger partial charge in [-0.15, -0.1) is 0 Å². The number of aliphatic carboxylic acids is 2. The van der Waals surface area contributed by atoms with Gasteiger partial charge in [-0.25, -0.2) is 0 Å². The molecule has 3 amide bonds. The number of unbranched alkanes of at least 4 members (excludes halogenated alkanes) is 3. The molecule has 0 saturated heterocycles. The molecule has 0 aliphatic heterocycles. The fourth-order valence-corrected chi connectivity index (χ4v) is 2.40. The molecule has 0 spiro atoms. The number of carbonyl (C=O) groups is 5. The van der Waals surface area contributed by atoms with E-state index in [4.69, 9.17) is 10.2 Å². The minimum atomic E-state index is -1.13. The number of carbonyl (C=O) groups excluding carboxylic acids is 3. The van der Waals surface area contributed by atoms with E-state index in [-0.39, 0.29) is 25.4 Å². The first kappa shape index (κ1) is 26.3. The van der Waals surface area contributed by atoms with Gasteiger partial charge in [-0.1, -0.05) is 19.8 Å². The third-order valence-corrected chi connectivity index (χ3v) is 3.96. The third-order valence-electron chi connectivity index (χ3n) is 3.96. The van der Waals surface area contributed by atoms with Gasteiger partial charge in [0.1, 0.15) is 6.04 Å². The number of carboxylic acid groups (broad SMARTS) is 2. The van der Waals surface area contributed by atoms with Crippen LogP contribution in [0.5, 0.6) is 0 Å². The van der Waals surface area contributed by atoms with Crippen molar-refractivity contribution in [1.82, 2.24) is 21.3 Å². The van der Waals surface area contributed by atoms with Gasteiger partial charge < -0.3 is 31.5 Å². The van der Waals surface area contributed by atoms with Crippen molar-refractivity contribution in [2.24, 2.45) is 5.92 Å². The van der Waals surface area contributed by atoms with Crippen LogP contribution in [0.2, 0.25) is 0 Å². The Morgan fingerprint density at radius 2 is 1.41 bits per heavy atom. The van der Waals surface area contributed by atoms with E-state index in [9.17, 15) is 24.0 Å². The Bertz CT molecular complexity index is 568. The van der Waals surface area contributed by atoms with Crippen LogP contribution >= 0.6 is 0 Å². The summed E-state index contributed by atoms with van der Waals surface area (Å²) < 4.78 is 0. The summed E-state index contributed by atoms with van der Waals surface area (Å²) in [6.07, 6.45) is 2.92. The second-order valence-corrected chi connectivity index (χ2v) is 6.77. The summed E-state index contributed by atoms with van der Waals surface area (Å²) in [5, 5.41) is 27.9. The second kappa shape index (κ2) is 15.3. The van der Waals surface area contributed by atoms with E-state index in [0.717, 1.165) is 19.3 Å². The van der Waals surface area contributed by atoms with Gasteiger partial charge in [0.05, 0.1) is 13.0 Å². The summed E-state index contributed by atoms with van der Waals surface area (Å²) in [6, 6.07) is -1.02. The van der Waals surface area contributed by atoms with Crippen molar-refractivity contribution >= 4 is 29.7 Å². The zero-order valence-corrected chi connectivity index (χ0v) is 17.0. The maximum atomic E-state index is 12.3. The highest BCUT2D eigenvalue weighted by Crippen LogP contribution is 2.03. The average Bonchev–Trinajstić information content (AvgIpc) is 2.61. The molecule has 2 atom stereocenters. The van der Waals surface area contributed by atoms with E-state index in [1.165, 1.54) is 13.8 Å². The van der Waals surface area contributed by atoms with Gasteiger partial charge in [0.15, 0.2) is 0 Å². The summed E-state index contributed by atoms with van der Waals surface area (Å²) in [5.41, 5.74) is 0. The maximum Gasteiger partial charge on any atom is 0.317 e. The van der Waals surface area contributed by atoms with Crippen molar-refractivity contribution in [2.75, 3.05) is 26.2 Å². The zero-order valence-electron chi connectivity index (χ0n) is 17.0. The Morgan fingerprint density at radius 3 is 1.93 bits per heavy atom. The SMILES string of the molecule is CC(=O)NCCCCCCNC(=O)[C@H](CNCC(=O)O)NC(=O)C(C)CC(=O)O. The van der Waals surface area contributed by atoms with Gasteiger partial charge in [0.25, 0.3) is 0 Å². The number of amides is 3. The molecule has 0 aromatic rings. The van der Waals surface area contributed by atoms with Crippen LogP contribution in [-0.2, 0) is 24.0 Å². The first-order valence-corrected chi connectivity index (χ1v) is 9.60. The Kier molecular flexibility index (Phi) is 13.8. The molecular weight excluding hydrogens is 384 g/mol. The van der Waals surface area contributed by atoms with Crippen molar-refractivity contribution in [3.8, 4) is 0 Å². The van der Waals surface area contributed by atoms with Gasteiger partial charge in [-0.3, -0.25) is 24.0 Å². The molecule has 29 heavy (non-hydrogen) atoms. The monoisotopic (exact) mass is 416 g/mol. The lowest BCUT2D eigenvalue weighted by Gasteiger charge is -2.20. The Morgan fingerprint density at radius 1 is 0.828 bits per heavy atom. The van der Waals surface area contributed by atoms with Crippen LogP contribution in [-0.4, -0.2) is 72.1 Å². The molecule has 1 unspecified atom stereocenters. The molecule has 0 aliphatic rings. The molecule has 0 heterocycles. The van der Waals surface area contributed by atoms with Crippen LogP contribution in [0.1, 0.15) is 46.0 Å². The minimum Gasteiger partial charge on any atom is -0.481 e. The van der Waals surface area contributed by atoms with E-state index in [0.29, 0.717) is 19.5 Å². The predicted molar refractivity (Wildman–Crippen MR) is 104 cm³/mol. The summed E-state index contributed by atoms with van der Waals surface area (Å²) >= 11 is 0. The number of hydrogen-bond acceptors (Lipinski definition) is 6. The highest BCUT2D eigenvalue weighted by Gasteiger charge is 2.24.